The molecule has 1 aromatic carbocycles. The maximum atomic E-state index is 12.9. The van der Waals surface area contributed by atoms with Crippen molar-refractivity contribution in [2.45, 2.75) is 17.7 Å². The summed E-state index contributed by atoms with van der Waals surface area (Å²) in [5.41, 5.74) is 0.281. The van der Waals surface area contributed by atoms with Crippen molar-refractivity contribution in [2.24, 2.45) is 0 Å². The summed E-state index contributed by atoms with van der Waals surface area (Å²) in [7, 11) is -4.05. The number of piperazine rings is 1. The molecule has 12 nitrogen and oxygen atoms in total. The molecule has 0 N–H and O–H groups in total. The fourth-order valence-corrected chi connectivity index (χ4v) is 5.07. The molecule has 1 aliphatic heterocycles. The topological polar surface area (TPSA) is 153 Å². The maximum absolute atomic E-state index is 12.9. The standard InChI is InChI=1S/C20H20N6O6S/c27-19(6-5-18-22-20(23-32-18)15-7-9-21-10-8-15)24-11-13-25(14-12-24)33(30,31)17-4-2-1-3-16(17)26(28)29/h1-4,7-10H,5-6,11-14H2. The van der Waals surface area contributed by atoms with Gasteiger partial charge in [-0.2, -0.15) is 9.29 Å². The van der Waals surface area contributed by atoms with Crippen molar-refractivity contribution in [1.82, 2.24) is 24.3 Å². The van der Waals surface area contributed by atoms with Gasteiger partial charge in [0.05, 0.1) is 4.92 Å². The average molecular weight is 472 g/mol. The molecule has 0 bridgehead atoms. The highest BCUT2D eigenvalue weighted by atomic mass is 32.2. The Hall–Kier alpha value is -3.71. The molecule has 4 rings (SSSR count). The first-order valence-electron chi connectivity index (χ1n) is 10.1. The Balaban J connectivity index is 1.33. The van der Waals surface area contributed by atoms with Crippen molar-refractivity contribution in [3.63, 3.8) is 0 Å². The number of sulfonamides is 1. The zero-order valence-electron chi connectivity index (χ0n) is 17.4. The van der Waals surface area contributed by atoms with E-state index < -0.39 is 20.6 Å². The maximum Gasteiger partial charge on any atom is 0.289 e. The monoisotopic (exact) mass is 472 g/mol. The van der Waals surface area contributed by atoms with E-state index in [-0.39, 0.29) is 49.8 Å². The lowest BCUT2D eigenvalue weighted by Gasteiger charge is -2.33. The molecule has 1 amide bonds. The second-order valence-electron chi connectivity index (χ2n) is 7.26. The van der Waals surface area contributed by atoms with E-state index in [9.17, 15) is 23.3 Å². The summed E-state index contributed by atoms with van der Waals surface area (Å²) < 4.78 is 32.2. The van der Waals surface area contributed by atoms with Gasteiger partial charge in [0.15, 0.2) is 4.90 Å². The molecule has 33 heavy (non-hydrogen) atoms. The van der Waals surface area contributed by atoms with Crippen molar-refractivity contribution in [1.29, 1.82) is 0 Å². The third-order valence-electron chi connectivity index (χ3n) is 5.23. The minimum absolute atomic E-state index is 0.0485. The number of carbonyl (C=O) groups excluding carboxylic acids is 1. The van der Waals surface area contributed by atoms with E-state index in [0.29, 0.717) is 11.7 Å². The normalized spacial score (nSPS) is 14.8. The molecular formula is C20H20N6O6S. The van der Waals surface area contributed by atoms with Crippen LogP contribution in [0, 0.1) is 10.1 Å². The lowest BCUT2D eigenvalue weighted by Crippen LogP contribution is -2.50. The number of nitrogens with zero attached hydrogens (tertiary/aromatic N) is 6. The summed E-state index contributed by atoms with van der Waals surface area (Å²) in [6, 6.07) is 8.73. The Morgan fingerprint density at radius 1 is 1.09 bits per heavy atom. The van der Waals surface area contributed by atoms with E-state index in [4.69, 9.17) is 4.52 Å². The summed E-state index contributed by atoms with van der Waals surface area (Å²) in [5, 5.41) is 15.1. The Labute approximate surface area is 189 Å². The van der Waals surface area contributed by atoms with E-state index >= 15 is 0 Å². The van der Waals surface area contributed by atoms with Crippen LogP contribution in [-0.4, -0.2) is 69.8 Å². The van der Waals surface area contributed by atoms with Crippen molar-refractivity contribution in [2.75, 3.05) is 26.2 Å². The number of rotatable bonds is 7. The van der Waals surface area contributed by atoms with Crippen molar-refractivity contribution in [3.05, 3.63) is 64.8 Å². The number of carbonyl (C=O) groups is 1. The quantitative estimate of drug-likeness (QED) is 0.368. The van der Waals surface area contributed by atoms with E-state index in [1.165, 1.54) is 18.2 Å². The minimum atomic E-state index is -4.05. The van der Waals surface area contributed by atoms with Crippen LogP contribution in [-0.2, 0) is 21.2 Å². The molecular weight excluding hydrogens is 452 g/mol. The second kappa shape index (κ2) is 9.42. The number of hydrogen-bond acceptors (Lipinski definition) is 9. The number of pyridine rings is 1. The summed E-state index contributed by atoms with van der Waals surface area (Å²) in [5.74, 6) is 0.572. The van der Waals surface area contributed by atoms with Crippen LogP contribution in [0.3, 0.4) is 0 Å². The minimum Gasteiger partial charge on any atom is -0.340 e. The fraction of sp³-hybridized carbons (Fsp3) is 0.300. The first-order chi connectivity index (χ1) is 15.9. The molecule has 13 heteroatoms. The highest BCUT2D eigenvalue weighted by Crippen LogP contribution is 2.27. The largest absolute Gasteiger partial charge is 0.340 e. The van der Waals surface area contributed by atoms with Crippen LogP contribution in [0.15, 0.2) is 58.2 Å². The second-order valence-corrected chi connectivity index (χ2v) is 9.16. The Morgan fingerprint density at radius 2 is 1.79 bits per heavy atom. The Morgan fingerprint density at radius 3 is 2.48 bits per heavy atom. The number of aryl methyl sites for hydroxylation is 1. The summed E-state index contributed by atoms with van der Waals surface area (Å²) in [6.07, 6.45) is 3.62. The Kier molecular flexibility index (Phi) is 6.42. The van der Waals surface area contributed by atoms with E-state index in [1.54, 1.807) is 29.4 Å². The van der Waals surface area contributed by atoms with Gasteiger partial charge in [0, 0.05) is 63.0 Å². The molecule has 3 heterocycles. The van der Waals surface area contributed by atoms with Crippen LogP contribution in [0.25, 0.3) is 11.4 Å². The first kappa shape index (κ1) is 22.5. The van der Waals surface area contributed by atoms with Gasteiger partial charge in [-0.1, -0.05) is 17.3 Å². The molecule has 0 radical (unpaired) electrons. The Bertz CT molecular complexity index is 1250. The molecule has 3 aromatic rings. The smallest absolute Gasteiger partial charge is 0.289 e. The third kappa shape index (κ3) is 4.88. The van der Waals surface area contributed by atoms with Gasteiger partial charge in [0.25, 0.3) is 5.69 Å². The summed E-state index contributed by atoms with van der Waals surface area (Å²) >= 11 is 0. The number of aromatic nitrogens is 3. The molecule has 172 valence electrons. The molecule has 0 aliphatic carbocycles. The zero-order valence-corrected chi connectivity index (χ0v) is 18.2. The summed E-state index contributed by atoms with van der Waals surface area (Å²) in [6.45, 7) is 0.468. The number of para-hydroxylation sites is 1. The number of amides is 1. The molecule has 1 saturated heterocycles. The van der Waals surface area contributed by atoms with Gasteiger partial charge >= 0.3 is 0 Å². The van der Waals surface area contributed by atoms with Gasteiger partial charge in [-0.3, -0.25) is 19.9 Å². The van der Waals surface area contributed by atoms with Crippen LogP contribution in [0.1, 0.15) is 12.3 Å². The molecule has 0 saturated carbocycles. The predicted octanol–water partition coefficient (Wildman–Crippen LogP) is 1.51. The van der Waals surface area contributed by atoms with E-state index in [0.717, 1.165) is 15.9 Å². The SMILES string of the molecule is O=C(CCc1nc(-c2ccncc2)no1)N1CCN(S(=O)(=O)c2ccccc2[N+](=O)[O-])CC1. The fourth-order valence-electron chi connectivity index (χ4n) is 3.49. The highest BCUT2D eigenvalue weighted by molar-refractivity contribution is 7.89. The van der Waals surface area contributed by atoms with Crippen LogP contribution >= 0.6 is 0 Å². The molecule has 2 aromatic heterocycles. The van der Waals surface area contributed by atoms with Crippen LogP contribution in [0.2, 0.25) is 0 Å². The number of nitro benzene ring substituents is 1. The van der Waals surface area contributed by atoms with Gasteiger partial charge in [0.1, 0.15) is 0 Å². The van der Waals surface area contributed by atoms with Crippen molar-refractivity contribution >= 4 is 21.6 Å². The summed E-state index contributed by atoms with van der Waals surface area (Å²) in [4.78, 5) is 32.5. The van der Waals surface area contributed by atoms with Crippen LogP contribution < -0.4 is 0 Å². The van der Waals surface area contributed by atoms with E-state index in [2.05, 4.69) is 15.1 Å². The third-order valence-corrected chi connectivity index (χ3v) is 7.18. The van der Waals surface area contributed by atoms with Gasteiger partial charge in [0.2, 0.25) is 27.6 Å². The van der Waals surface area contributed by atoms with Gasteiger partial charge < -0.3 is 9.42 Å². The average Bonchev–Trinajstić information content (AvgIpc) is 3.32. The number of nitro groups is 1. The van der Waals surface area contributed by atoms with Gasteiger partial charge in [-0.15, -0.1) is 0 Å². The number of hydrogen-bond donors (Lipinski definition) is 0. The van der Waals surface area contributed by atoms with Crippen LogP contribution in [0.4, 0.5) is 5.69 Å². The molecule has 1 fully saturated rings. The zero-order chi connectivity index (χ0) is 23.4. The van der Waals surface area contributed by atoms with Crippen molar-refractivity contribution < 1.29 is 22.7 Å². The van der Waals surface area contributed by atoms with Gasteiger partial charge in [-0.25, -0.2) is 8.42 Å². The lowest BCUT2D eigenvalue weighted by molar-refractivity contribution is -0.387. The molecule has 0 atom stereocenters. The lowest BCUT2D eigenvalue weighted by atomic mass is 10.2. The van der Waals surface area contributed by atoms with E-state index in [1.807, 2.05) is 0 Å². The molecule has 0 spiro atoms. The van der Waals surface area contributed by atoms with Crippen molar-refractivity contribution in [3.8, 4) is 11.4 Å². The first-order valence-corrected chi connectivity index (χ1v) is 11.5. The predicted molar refractivity (Wildman–Crippen MR) is 114 cm³/mol. The molecule has 0 unspecified atom stereocenters. The van der Waals surface area contributed by atoms with Crippen LogP contribution in [0.5, 0.6) is 0 Å². The highest BCUT2D eigenvalue weighted by Gasteiger charge is 2.34. The van der Waals surface area contributed by atoms with Gasteiger partial charge in [-0.05, 0) is 18.2 Å². The molecule has 1 aliphatic rings. The number of benzene rings is 1.